The van der Waals surface area contributed by atoms with E-state index in [1.165, 1.54) is 5.56 Å². The van der Waals surface area contributed by atoms with Crippen molar-refractivity contribution >= 4 is 22.5 Å². The first-order chi connectivity index (χ1) is 17.2. The molecule has 4 aromatic rings. The van der Waals surface area contributed by atoms with Gasteiger partial charge in [-0.05, 0) is 36.1 Å². The standard InChI is InChI=1S/C29H28N4O2/c1-35-24-10-5-9-23(16-24)33-19-26(25-13-12-21(15-28(25)33)22-17-30-31-18-22)29(34)32-14-6-11-27(32)20-7-3-2-4-8-20/h2-5,7-10,12-13,15,17-19,24,27H,6,11,14,16H2,1H3,(H,30,31). The quantitative estimate of drug-likeness (QED) is 0.405. The number of aromatic amines is 1. The number of carbonyl (C=O) groups is 1. The van der Waals surface area contributed by atoms with E-state index in [-0.39, 0.29) is 18.1 Å². The zero-order valence-electron chi connectivity index (χ0n) is 19.7. The van der Waals surface area contributed by atoms with E-state index in [0.29, 0.717) is 0 Å². The van der Waals surface area contributed by atoms with Gasteiger partial charge in [-0.2, -0.15) is 5.10 Å². The summed E-state index contributed by atoms with van der Waals surface area (Å²) in [7, 11) is 1.73. The Hall–Kier alpha value is -3.90. The highest BCUT2D eigenvalue weighted by Crippen LogP contribution is 2.37. The summed E-state index contributed by atoms with van der Waals surface area (Å²) in [5.41, 5.74) is 6.14. The lowest BCUT2D eigenvalue weighted by Gasteiger charge is -2.25. The fraction of sp³-hybridized carbons (Fsp3) is 0.241. The van der Waals surface area contributed by atoms with Crippen molar-refractivity contribution < 1.29 is 9.53 Å². The maximum atomic E-state index is 14.0. The number of ether oxygens (including phenoxy) is 1. The third-order valence-electron chi connectivity index (χ3n) is 7.20. The van der Waals surface area contributed by atoms with Gasteiger partial charge in [0.25, 0.3) is 5.91 Å². The van der Waals surface area contributed by atoms with Crippen molar-refractivity contribution in [2.75, 3.05) is 13.7 Å². The first-order valence-electron chi connectivity index (χ1n) is 12.1. The summed E-state index contributed by atoms with van der Waals surface area (Å²) in [5, 5.41) is 7.96. The van der Waals surface area contributed by atoms with Crippen LogP contribution < -0.4 is 0 Å². The van der Waals surface area contributed by atoms with E-state index in [9.17, 15) is 4.79 Å². The van der Waals surface area contributed by atoms with Crippen LogP contribution in [-0.4, -0.2) is 45.3 Å². The summed E-state index contributed by atoms with van der Waals surface area (Å²) in [5.74, 6) is 0.0893. The topological polar surface area (TPSA) is 63.1 Å². The van der Waals surface area contributed by atoms with Gasteiger partial charge in [-0.15, -0.1) is 0 Å². The van der Waals surface area contributed by atoms with E-state index in [0.717, 1.165) is 59.1 Å². The molecule has 6 heteroatoms. The third kappa shape index (κ3) is 3.90. The normalized spacial score (nSPS) is 19.9. The summed E-state index contributed by atoms with van der Waals surface area (Å²) >= 11 is 0. The van der Waals surface area contributed by atoms with Crippen molar-refractivity contribution in [1.82, 2.24) is 19.7 Å². The molecule has 2 aliphatic rings. The smallest absolute Gasteiger partial charge is 0.256 e. The van der Waals surface area contributed by atoms with E-state index in [4.69, 9.17) is 4.74 Å². The van der Waals surface area contributed by atoms with E-state index in [1.807, 2.05) is 35.6 Å². The van der Waals surface area contributed by atoms with Gasteiger partial charge in [-0.25, -0.2) is 0 Å². The molecule has 6 rings (SSSR count). The van der Waals surface area contributed by atoms with Crippen molar-refractivity contribution in [3.05, 3.63) is 96.5 Å². The van der Waals surface area contributed by atoms with Gasteiger partial charge < -0.3 is 14.2 Å². The summed E-state index contributed by atoms with van der Waals surface area (Å²) in [6.45, 7) is 0.773. The second kappa shape index (κ2) is 9.04. The lowest BCUT2D eigenvalue weighted by atomic mass is 10.0. The van der Waals surface area contributed by atoms with Crippen molar-refractivity contribution in [2.45, 2.75) is 31.4 Å². The molecule has 2 unspecified atom stereocenters. The Labute approximate surface area is 204 Å². The fourth-order valence-electron chi connectivity index (χ4n) is 5.38. The second-order valence-corrected chi connectivity index (χ2v) is 9.22. The zero-order valence-corrected chi connectivity index (χ0v) is 19.7. The zero-order chi connectivity index (χ0) is 23.8. The van der Waals surface area contributed by atoms with E-state index >= 15 is 0 Å². The highest BCUT2D eigenvalue weighted by atomic mass is 16.5. The monoisotopic (exact) mass is 464 g/mol. The molecule has 35 heavy (non-hydrogen) atoms. The average molecular weight is 465 g/mol. The van der Waals surface area contributed by atoms with Crippen molar-refractivity contribution in [3.8, 4) is 11.1 Å². The number of hydrogen-bond acceptors (Lipinski definition) is 3. The first-order valence-corrected chi connectivity index (χ1v) is 12.1. The molecule has 1 N–H and O–H groups in total. The van der Waals surface area contributed by atoms with Crippen LogP contribution in [0.15, 0.2) is 85.3 Å². The van der Waals surface area contributed by atoms with Crippen LogP contribution in [0, 0.1) is 0 Å². The van der Waals surface area contributed by atoms with E-state index in [2.05, 4.69) is 69.4 Å². The van der Waals surface area contributed by atoms with E-state index < -0.39 is 0 Å². The van der Waals surface area contributed by atoms with Gasteiger partial charge in [-0.1, -0.05) is 54.6 Å². The molecule has 176 valence electrons. The minimum atomic E-state index is 0.0182. The van der Waals surface area contributed by atoms with Gasteiger partial charge in [-0.3, -0.25) is 9.89 Å². The molecule has 1 aliphatic heterocycles. The second-order valence-electron chi connectivity index (χ2n) is 9.22. The Bertz CT molecular complexity index is 1420. The summed E-state index contributed by atoms with van der Waals surface area (Å²) in [6, 6.07) is 16.8. The number of allylic oxidation sites excluding steroid dienone is 2. The molecule has 0 spiro atoms. The van der Waals surface area contributed by atoms with Gasteiger partial charge in [0.15, 0.2) is 0 Å². The number of hydrogen-bond donors (Lipinski definition) is 1. The van der Waals surface area contributed by atoms with Crippen molar-refractivity contribution in [3.63, 3.8) is 0 Å². The maximum absolute atomic E-state index is 14.0. The Morgan fingerprint density at radius 3 is 2.83 bits per heavy atom. The number of aromatic nitrogens is 3. The molecule has 1 saturated heterocycles. The average Bonchev–Trinajstić information content (AvgIpc) is 3.68. The number of H-pyrrole nitrogens is 1. The SMILES string of the molecule is COC1C=CC=C(n2cc(C(=O)N3CCCC3c3ccccc3)c3ccc(-c4cn[nH]c4)cc32)C1. The number of likely N-dealkylation sites (tertiary alicyclic amines) is 1. The number of carbonyl (C=O) groups excluding carboxylic acids is 1. The lowest BCUT2D eigenvalue weighted by molar-refractivity contribution is 0.0737. The molecule has 1 aliphatic carbocycles. The van der Waals surface area contributed by atoms with Crippen LogP contribution in [0.1, 0.15) is 41.2 Å². The molecule has 3 heterocycles. The van der Waals surface area contributed by atoms with Crippen LogP contribution in [0.3, 0.4) is 0 Å². The minimum absolute atomic E-state index is 0.0182. The molecule has 6 nitrogen and oxygen atoms in total. The number of nitrogens with zero attached hydrogens (tertiary/aromatic N) is 3. The highest BCUT2D eigenvalue weighted by Gasteiger charge is 2.32. The van der Waals surface area contributed by atoms with Gasteiger partial charge >= 0.3 is 0 Å². The van der Waals surface area contributed by atoms with Gasteiger partial charge in [0, 0.05) is 49.1 Å². The number of methoxy groups -OCH3 is 1. The molecule has 0 radical (unpaired) electrons. The molecule has 1 fully saturated rings. The van der Waals surface area contributed by atoms with Crippen molar-refractivity contribution in [1.29, 1.82) is 0 Å². The predicted molar refractivity (Wildman–Crippen MR) is 138 cm³/mol. The Morgan fingerprint density at radius 2 is 2.03 bits per heavy atom. The van der Waals surface area contributed by atoms with Gasteiger partial charge in [0.2, 0.25) is 0 Å². The van der Waals surface area contributed by atoms with E-state index in [1.54, 1.807) is 7.11 Å². The molecular formula is C29H28N4O2. The molecule has 2 aromatic heterocycles. The number of amides is 1. The fourth-order valence-corrected chi connectivity index (χ4v) is 5.38. The molecule has 2 aromatic carbocycles. The lowest BCUT2D eigenvalue weighted by Crippen LogP contribution is -2.30. The largest absolute Gasteiger partial charge is 0.377 e. The van der Waals surface area contributed by atoms with Gasteiger partial charge in [0.1, 0.15) is 0 Å². The minimum Gasteiger partial charge on any atom is -0.377 e. The molecular weight excluding hydrogens is 436 g/mol. The number of nitrogens with one attached hydrogen (secondary N) is 1. The number of rotatable bonds is 5. The number of benzene rings is 2. The Morgan fingerprint density at radius 1 is 1.14 bits per heavy atom. The Balaban J connectivity index is 1.45. The van der Waals surface area contributed by atoms with Crippen LogP contribution in [0.4, 0.5) is 0 Å². The number of fused-ring (bicyclic) bond motifs is 1. The highest BCUT2D eigenvalue weighted by molar-refractivity contribution is 6.08. The van der Waals surface area contributed by atoms with Crippen LogP contribution in [-0.2, 0) is 4.74 Å². The Kier molecular flexibility index (Phi) is 5.58. The van der Waals surface area contributed by atoms with Crippen molar-refractivity contribution in [2.24, 2.45) is 0 Å². The maximum Gasteiger partial charge on any atom is 0.256 e. The molecule has 2 atom stereocenters. The summed E-state index contributed by atoms with van der Waals surface area (Å²) < 4.78 is 7.77. The summed E-state index contributed by atoms with van der Waals surface area (Å²) in [4.78, 5) is 16.1. The van der Waals surface area contributed by atoms with Gasteiger partial charge in [0.05, 0.1) is 29.4 Å². The third-order valence-corrected chi connectivity index (χ3v) is 7.20. The molecule has 1 amide bonds. The van der Waals surface area contributed by atoms with Crippen LogP contribution in [0.25, 0.3) is 27.7 Å². The van der Waals surface area contributed by atoms with Crippen LogP contribution in [0.2, 0.25) is 0 Å². The first kappa shape index (κ1) is 21.6. The molecule has 0 saturated carbocycles. The predicted octanol–water partition coefficient (Wildman–Crippen LogP) is 5.82. The summed E-state index contributed by atoms with van der Waals surface area (Å²) in [6.07, 6.45) is 14.7. The van der Waals surface area contributed by atoms with Crippen LogP contribution in [0.5, 0.6) is 0 Å². The van der Waals surface area contributed by atoms with Crippen LogP contribution >= 0.6 is 0 Å². The molecule has 0 bridgehead atoms.